The number of hydrogen-bond donors (Lipinski definition) is 1. The topological polar surface area (TPSA) is 99.1 Å². The fraction of sp³-hybridized carbons (Fsp3) is 0.524. The van der Waals surface area contributed by atoms with E-state index in [-0.39, 0.29) is 11.6 Å². The minimum atomic E-state index is -0.861. The van der Waals surface area contributed by atoms with Crippen LogP contribution in [0, 0.1) is 0 Å². The monoisotopic (exact) mass is 411 g/mol. The van der Waals surface area contributed by atoms with E-state index in [0.717, 1.165) is 48.2 Å². The van der Waals surface area contributed by atoms with E-state index in [0.29, 0.717) is 39.1 Å². The van der Waals surface area contributed by atoms with Crippen LogP contribution in [0.25, 0.3) is 10.9 Å². The smallest absolute Gasteiger partial charge is 0.414 e. The molecule has 1 N–H and O–H groups in total. The highest BCUT2D eigenvalue weighted by molar-refractivity contribution is 5.93. The van der Waals surface area contributed by atoms with Crippen LogP contribution in [0.5, 0.6) is 0 Å². The lowest BCUT2D eigenvalue weighted by atomic mass is 9.81. The Morgan fingerprint density at radius 2 is 1.83 bits per heavy atom. The third kappa shape index (κ3) is 3.04. The van der Waals surface area contributed by atoms with Gasteiger partial charge in [-0.1, -0.05) is 0 Å². The number of piperidine rings is 1. The number of hydrogen-bond acceptors (Lipinski definition) is 6. The predicted molar refractivity (Wildman–Crippen MR) is 110 cm³/mol. The van der Waals surface area contributed by atoms with Crippen LogP contribution < -0.4 is 4.90 Å². The van der Waals surface area contributed by atoms with Crippen LogP contribution in [0.3, 0.4) is 0 Å². The molecule has 3 saturated heterocycles. The third-order valence-corrected chi connectivity index (χ3v) is 6.71. The average molecular weight is 411 g/mol. The van der Waals surface area contributed by atoms with Crippen molar-refractivity contribution in [3.05, 3.63) is 30.2 Å². The lowest BCUT2D eigenvalue weighted by Gasteiger charge is -2.46. The predicted octanol–water partition coefficient (Wildman–Crippen LogP) is 2.65. The molecule has 0 unspecified atom stereocenters. The second-order valence-corrected chi connectivity index (χ2v) is 8.19. The largest absolute Gasteiger partial charge is 0.465 e. The number of ether oxygens (including phenoxy) is 1. The molecule has 4 heterocycles. The van der Waals surface area contributed by atoms with E-state index in [1.165, 1.54) is 4.90 Å². The van der Waals surface area contributed by atoms with Gasteiger partial charge in [-0.3, -0.25) is 9.80 Å². The molecule has 0 saturated carbocycles. The summed E-state index contributed by atoms with van der Waals surface area (Å²) in [7, 11) is 0. The van der Waals surface area contributed by atoms with Crippen molar-refractivity contribution in [2.45, 2.75) is 31.2 Å². The van der Waals surface area contributed by atoms with Gasteiger partial charge in [0.05, 0.1) is 23.3 Å². The second-order valence-electron chi connectivity index (χ2n) is 8.19. The molecule has 30 heavy (non-hydrogen) atoms. The van der Waals surface area contributed by atoms with Gasteiger partial charge in [-0.2, -0.15) is 0 Å². The molecule has 2 aromatic rings. The van der Waals surface area contributed by atoms with E-state index in [1.807, 2.05) is 18.2 Å². The Hall–Kier alpha value is -2.94. The molecular formula is C21H25N5O4. The molecule has 0 atom stereocenters. The summed E-state index contributed by atoms with van der Waals surface area (Å²) in [6, 6.07) is 5.83. The van der Waals surface area contributed by atoms with Crippen molar-refractivity contribution >= 4 is 28.8 Å². The van der Waals surface area contributed by atoms with Crippen LogP contribution >= 0.6 is 0 Å². The Balaban J connectivity index is 1.56. The SMILES string of the molecule is O=C(O)N1CCC(c2ncnc3cc(N4CCOC4=O)ccc23)(N2CCCC2)CC1. The Kier molecular flexibility index (Phi) is 4.69. The van der Waals surface area contributed by atoms with Gasteiger partial charge < -0.3 is 14.7 Å². The molecule has 2 amide bonds. The van der Waals surface area contributed by atoms with Crippen molar-refractivity contribution in [3.8, 4) is 0 Å². The number of carbonyl (C=O) groups excluding carboxylic acids is 1. The number of fused-ring (bicyclic) bond motifs is 1. The van der Waals surface area contributed by atoms with E-state index >= 15 is 0 Å². The van der Waals surface area contributed by atoms with Gasteiger partial charge in [0.15, 0.2) is 0 Å². The Morgan fingerprint density at radius 1 is 1.07 bits per heavy atom. The minimum absolute atomic E-state index is 0.294. The maximum atomic E-state index is 11.9. The number of carboxylic acid groups (broad SMARTS) is 1. The number of nitrogens with zero attached hydrogens (tertiary/aromatic N) is 5. The minimum Gasteiger partial charge on any atom is -0.465 e. The molecule has 9 nitrogen and oxygen atoms in total. The molecule has 1 aromatic heterocycles. The summed E-state index contributed by atoms with van der Waals surface area (Å²) in [5.74, 6) is 0. The zero-order chi connectivity index (χ0) is 20.7. The highest BCUT2D eigenvalue weighted by Gasteiger charge is 2.45. The number of aromatic nitrogens is 2. The molecular weight excluding hydrogens is 386 g/mol. The first kappa shape index (κ1) is 19.0. The summed E-state index contributed by atoms with van der Waals surface area (Å²) >= 11 is 0. The maximum Gasteiger partial charge on any atom is 0.414 e. The molecule has 9 heteroatoms. The lowest BCUT2D eigenvalue weighted by molar-refractivity contribution is 0.0338. The zero-order valence-corrected chi connectivity index (χ0v) is 16.8. The number of cyclic esters (lactones) is 1. The van der Waals surface area contributed by atoms with Crippen LogP contribution in [0.15, 0.2) is 24.5 Å². The normalized spacial score (nSPS) is 21.9. The molecule has 5 rings (SSSR count). The van der Waals surface area contributed by atoms with Crippen molar-refractivity contribution in [1.29, 1.82) is 0 Å². The van der Waals surface area contributed by atoms with Gasteiger partial charge in [0.25, 0.3) is 0 Å². The molecule has 3 aliphatic rings. The van der Waals surface area contributed by atoms with Gasteiger partial charge in [0, 0.05) is 24.2 Å². The van der Waals surface area contributed by atoms with Gasteiger partial charge in [0.1, 0.15) is 12.9 Å². The number of carbonyl (C=O) groups is 2. The van der Waals surface area contributed by atoms with E-state index in [4.69, 9.17) is 9.72 Å². The van der Waals surface area contributed by atoms with Crippen molar-refractivity contribution in [2.24, 2.45) is 0 Å². The van der Waals surface area contributed by atoms with Crippen LogP contribution in [0.2, 0.25) is 0 Å². The third-order valence-electron chi connectivity index (χ3n) is 6.71. The number of amides is 2. The van der Waals surface area contributed by atoms with E-state index < -0.39 is 6.09 Å². The summed E-state index contributed by atoms with van der Waals surface area (Å²) in [5.41, 5.74) is 2.23. The number of likely N-dealkylation sites (tertiary alicyclic amines) is 2. The molecule has 1 aromatic carbocycles. The van der Waals surface area contributed by atoms with Gasteiger partial charge in [-0.25, -0.2) is 19.6 Å². The summed E-state index contributed by atoms with van der Waals surface area (Å²) in [6.45, 7) is 3.91. The molecule has 3 fully saturated rings. The molecule has 0 radical (unpaired) electrons. The summed E-state index contributed by atoms with van der Waals surface area (Å²) in [6.07, 6.45) is 4.11. The fourth-order valence-electron chi connectivity index (χ4n) is 5.13. The maximum absolute atomic E-state index is 11.9. The highest BCUT2D eigenvalue weighted by Crippen LogP contribution is 2.42. The van der Waals surface area contributed by atoms with Crippen molar-refractivity contribution in [3.63, 3.8) is 0 Å². The van der Waals surface area contributed by atoms with Crippen molar-refractivity contribution in [2.75, 3.05) is 44.2 Å². The number of rotatable bonds is 3. The number of benzene rings is 1. The van der Waals surface area contributed by atoms with Gasteiger partial charge in [0.2, 0.25) is 0 Å². The molecule has 0 bridgehead atoms. The van der Waals surface area contributed by atoms with Crippen LogP contribution in [0.1, 0.15) is 31.4 Å². The Morgan fingerprint density at radius 3 is 2.50 bits per heavy atom. The van der Waals surface area contributed by atoms with Gasteiger partial charge in [-0.15, -0.1) is 0 Å². The molecule has 3 aliphatic heterocycles. The first-order chi connectivity index (χ1) is 14.6. The van der Waals surface area contributed by atoms with Crippen LogP contribution in [-0.4, -0.2) is 76.4 Å². The molecule has 158 valence electrons. The van der Waals surface area contributed by atoms with Crippen molar-refractivity contribution < 1.29 is 19.4 Å². The van der Waals surface area contributed by atoms with E-state index in [1.54, 1.807) is 11.2 Å². The van der Waals surface area contributed by atoms with Crippen LogP contribution in [-0.2, 0) is 10.3 Å². The molecule has 0 spiro atoms. The fourth-order valence-corrected chi connectivity index (χ4v) is 5.13. The van der Waals surface area contributed by atoms with Crippen molar-refractivity contribution in [1.82, 2.24) is 19.8 Å². The number of anilines is 1. The standard InChI is InChI=1S/C21H25N5O4/c27-19(28)24-9-5-21(6-10-24,25-7-1-2-8-25)18-16-4-3-15(13-17(16)22-14-23-18)26-11-12-30-20(26)29/h3-4,13-14H,1-2,5-12H2,(H,27,28). The van der Waals surface area contributed by atoms with E-state index in [9.17, 15) is 14.7 Å². The highest BCUT2D eigenvalue weighted by atomic mass is 16.6. The zero-order valence-electron chi connectivity index (χ0n) is 16.8. The summed E-state index contributed by atoms with van der Waals surface area (Å²) < 4.78 is 5.06. The first-order valence-corrected chi connectivity index (χ1v) is 10.5. The van der Waals surface area contributed by atoms with Crippen LogP contribution in [0.4, 0.5) is 15.3 Å². The first-order valence-electron chi connectivity index (χ1n) is 10.5. The van der Waals surface area contributed by atoms with Gasteiger partial charge >= 0.3 is 12.2 Å². The van der Waals surface area contributed by atoms with E-state index in [2.05, 4.69) is 9.88 Å². The van der Waals surface area contributed by atoms with Gasteiger partial charge in [-0.05, 0) is 57.0 Å². The quantitative estimate of drug-likeness (QED) is 0.829. The second kappa shape index (κ2) is 7.39. The Labute approximate surface area is 174 Å². The molecule has 0 aliphatic carbocycles. The lowest BCUT2D eigenvalue weighted by Crippen LogP contribution is -2.53. The average Bonchev–Trinajstić information content (AvgIpc) is 3.45. The Bertz CT molecular complexity index is 983. The summed E-state index contributed by atoms with van der Waals surface area (Å²) in [5, 5.41) is 10.4. The summed E-state index contributed by atoms with van der Waals surface area (Å²) in [4.78, 5) is 38.2.